The summed E-state index contributed by atoms with van der Waals surface area (Å²) in [6.07, 6.45) is 5.83. The predicted octanol–water partition coefficient (Wildman–Crippen LogP) is 4.97. The van der Waals surface area contributed by atoms with E-state index >= 15 is 0 Å². The van der Waals surface area contributed by atoms with Crippen LogP contribution in [0.25, 0.3) is 0 Å². The van der Waals surface area contributed by atoms with E-state index in [4.69, 9.17) is 11.6 Å². The van der Waals surface area contributed by atoms with E-state index in [-0.39, 0.29) is 11.9 Å². The molecule has 4 heteroatoms. The van der Waals surface area contributed by atoms with Gasteiger partial charge in [0.2, 0.25) is 5.91 Å². The van der Waals surface area contributed by atoms with E-state index in [2.05, 4.69) is 5.32 Å². The van der Waals surface area contributed by atoms with Gasteiger partial charge in [-0.15, -0.1) is 0 Å². The first-order valence-electron chi connectivity index (χ1n) is 8.99. The lowest BCUT2D eigenvalue weighted by Crippen LogP contribution is -2.44. The molecule has 0 bridgehead atoms. The molecule has 2 aromatic rings. The molecule has 0 radical (unpaired) electrons. The summed E-state index contributed by atoms with van der Waals surface area (Å²) in [6, 6.07) is 17.5. The van der Waals surface area contributed by atoms with Crippen LogP contribution >= 0.6 is 11.6 Å². The maximum Gasteiger partial charge on any atom is 0.247 e. The number of hydrogen-bond acceptors (Lipinski definition) is 2. The van der Waals surface area contributed by atoms with Crippen LogP contribution in [-0.2, 0) is 4.79 Å². The van der Waals surface area contributed by atoms with Gasteiger partial charge in [0.25, 0.3) is 0 Å². The van der Waals surface area contributed by atoms with Gasteiger partial charge in [-0.25, -0.2) is 0 Å². The van der Waals surface area contributed by atoms with E-state index < -0.39 is 0 Å². The number of para-hydroxylation sites is 1. The van der Waals surface area contributed by atoms with Gasteiger partial charge in [-0.1, -0.05) is 61.2 Å². The third-order valence-electron chi connectivity index (χ3n) is 4.94. The van der Waals surface area contributed by atoms with Gasteiger partial charge in [0.1, 0.15) is 6.04 Å². The maximum atomic E-state index is 13.1. The molecule has 3 rings (SSSR count). The van der Waals surface area contributed by atoms with Crippen molar-refractivity contribution in [1.82, 2.24) is 5.32 Å². The van der Waals surface area contributed by atoms with Gasteiger partial charge in [0, 0.05) is 23.8 Å². The number of hydrogen-bond donors (Lipinski definition) is 1. The molecule has 1 atom stereocenters. The van der Waals surface area contributed by atoms with Gasteiger partial charge in [0.05, 0.1) is 0 Å². The number of nitrogens with zero attached hydrogens (tertiary/aromatic N) is 1. The smallest absolute Gasteiger partial charge is 0.247 e. The highest BCUT2D eigenvalue weighted by Crippen LogP contribution is 2.28. The molecule has 0 aromatic heterocycles. The highest BCUT2D eigenvalue weighted by atomic mass is 35.5. The molecule has 0 aliphatic heterocycles. The molecule has 0 spiro atoms. The zero-order valence-electron chi connectivity index (χ0n) is 14.6. The Bertz CT molecular complexity index is 681. The lowest BCUT2D eigenvalue weighted by molar-refractivity contribution is -0.123. The minimum atomic E-state index is -0.374. The van der Waals surface area contributed by atoms with Crippen molar-refractivity contribution in [2.75, 3.05) is 11.9 Å². The number of halogens is 1. The summed E-state index contributed by atoms with van der Waals surface area (Å²) in [5.41, 5.74) is 1.96. The normalized spacial score (nSPS) is 16.2. The number of likely N-dealkylation sites (N-methyl/N-ethyl adjacent to an activating group) is 1. The second kappa shape index (κ2) is 8.39. The topological polar surface area (TPSA) is 32.3 Å². The van der Waals surface area contributed by atoms with Gasteiger partial charge in [-0.05, 0) is 42.7 Å². The fraction of sp³-hybridized carbons (Fsp3) is 0.381. The first-order chi connectivity index (χ1) is 12.1. The van der Waals surface area contributed by atoms with E-state index in [0.29, 0.717) is 11.1 Å². The SMILES string of the molecule is CN(c1ccccc1)[C@@H](C(=O)NC1CCCCC1)c1ccc(Cl)cc1. The Morgan fingerprint density at radius 1 is 1.04 bits per heavy atom. The monoisotopic (exact) mass is 356 g/mol. The number of nitrogens with one attached hydrogen (secondary N) is 1. The number of carbonyl (C=O) groups excluding carboxylic acids is 1. The molecule has 1 fully saturated rings. The minimum Gasteiger partial charge on any atom is -0.359 e. The van der Waals surface area contributed by atoms with Crippen LogP contribution in [-0.4, -0.2) is 19.0 Å². The standard InChI is InChI=1S/C21H25ClN2O/c1-24(19-10-6-3-7-11-19)20(16-12-14-17(22)15-13-16)21(25)23-18-8-4-2-5-9-18/h3,6-7,10-15,18,20H,2,4-5,8-9H2,1H3,(H,23,25)/t20-/m1/s1. The van der Waals surface area contributed by atoms with E-state index in [1.807, 2.05) is 66.5 Å². The van der Waals surface area contributed by atoms with Crippen molar-refractivity contribution in [3.8, 4) is 0 Å². The molecule has 0 unspecified atom stereocenters. The number of amides is 1. The van der Waals surface area contributed by atoms with Crippen molar-refractivity contribution >= 4 is 23.2 Å². The zero-order chi connectivity index (χ0) is 17.6. The van der Waals surface area contributed by atoms with Crippen molar-refractivity contribution in [2.45, 2.75) is 44.2 Å². The summed E-state index contributed by atoms with van der Waals surface area (Å²) < 4.78 is 0. The Kier molecular flexibility index (Phi) is 5.98. The number of carbonyl (C=O) groups is 1. The summed E-state index contributed by atoms with van der Waals surface area (Å²) in [6.45, 7) is 0. The van der Waals surface area contributed by atoms with Crippen molar-refractivity contribution in [3.05, 3.63) is 65.2 Å². The first-order valence-corrected chi connectivity index (χ1v) is 9.36. The second-order valence-corrected chi connectivity index (χ2v) is 7.18. The lowest BCUT2D eigenvalue weighted by Gasteiger charge is -2.32. The maximum absolute atomic E-state index is 13.1. The van der Waals surface area contributed by atoms with Crippen LogP contribution in [0.4, 0.5) is 5.69 Å². The fourth-order valence-electron chi connectivity index (χ4n) is 3.54. The Labute approximate surface area is 155 Å². The third kappa shape index (κ3) is 4.55. The molecule has 2 aromatic carbocycles. The van der Waals surface area contributed by atoms with Gasteiger partial charge < -0.3 is 10.2 Å². The van der Waals surface area contributed by atoms with E-state index in [1.165, 1.54) is 19.3 Å². The highest BCUT2D eigenvalue weighted by Gasteiger charge is 2.28. The summed E-state index contributed by atoms with van der Waals surface area (Å²) in [5.74, 6) is 0.0561. The average molecular weight is 357 g/mol. The van der Waals surface area contributed by atoms with Gasteiger partial charge in [0.15, 0.2) is 0 Å². The van der Waals surface area contributed by atoms with Crippen LogP contribution < -0.4 is 10.2 Å². The molecule has 0 heterocycles. The molecule has 1 amide bonds. The van der Waals surface area contributed by atoms with Crippen LogP contribution in [0.2, 0.25) is 5.02 Å². The minimum absolute atomic E-state index is 0.0561. The van der Waals surface area contributed by atoms with E-state index in [9.17, 15) is 4.79 Å². The summed E-state index contributed by atoms with van der Waals surface area (Å²) in [4.78, 5) is 15.2. The van der Waals surface area contributed by atoms with Crippen molar-refractivity contribution in [3.63, 3.8) is 0 Å². The number of rotatable bonds is 5. The summed E-state index contributed by atoms with van der Waals surface area (Å²) in [7, 11) is 1.97. The van der Waals surface area contributed by atoms with Gasteiger partial charge in [-0.2, -0.15) is 0 Å². The molecular formula is C21H25ClN2O. The first kappa shape index (κ1) is 17.8. The number of benzene rings is 2. The summed E-state index contributed by atoms with van der Waals surface area (Å²) in [5, 5.41) is 3.95. The lowest BCUT2D eigenvalue weighted by atomic mass is 9.94. The van der Waals surface area contributed by atoms with Crippen LogP contribution in [0.3, 0.4) is 0 Å². The molecule has 0 saturated heterocycles. The highest BCUT2D eigenvalue weighted by molar-refractivity contribution is 6.30. The van der Waals surface area contributed by atoms with Crippen LogP contribution in [0, 0.1) is 0 Å². The number of anilines is 1. The van der Waals surface area contributed by atoms with E-state index in [1.54, 1.807) is 0 Å². The largest absolute Gasteiger partial charge is 0.359 e. The van der Waals surface area contributed by atoms with Crippen LogP contribution in [0.5, 0.6) is 0 Å². The van der Waals surface area contributed by atoms with Gasteiger partial charge in [-0.3, -0.25) is 4.79 Å². The van der Waals surface area contributed by atoms with Crippen LogP contribution in [0.1, 0.15) is 43.7 Å². The molecule has 1 N–H and O–H groups in total. The molecule has 1 saturated carbocycles. The third-order valence-corrected chi connectivity index (χ3v) is 5.19. The van der Waals surface area contributed by atoms with Crippen molar-refractivity contribution in [2.24, 2.45) is 0 Å². The molecule has 132 valence electrons. The van der Waals surface area contributed by atoms with Crippen molar-refractivity contribution < 1.29 is 4.79 Å². The molecular weight excluding hydrogens is 332 g/mol. The Hall–Kier alpha value is -2.00. The zero-order valence-corrected chi connectivity index (χ0v) is 15.4. The van der Waals surface area contributed by atoms with Crippen LogP contribution in [0.15, 0.2) is 54.6 Å². The molecule has 25 heavy (non-hydrogen) atoms. The predicted molar refractivity (Wildman–Crippen MR) is 104 cm³/mol. The second-order valence-electron chi connectivity index (χ2n) is 6.74. The summed E-state index contributed by atoms with van der Waals surface area (Å²) >= 11 is 6.03. The van der Waals surface area contributed by atoms with Gasteiger partial charge >= 0.3 is 0 Å². The molecule has 1 aliphatic carbocycles. The van der Waals surface area contributed by atoms with E-state index in [0.717, 1.165) is 24.1 Å². The van der Waals surface area contributed by atoms with Crippen molar-refractivity contribution in [1.29, 1.82) is 0 Å². The average Bonchev–Trinajstić information content (AvgIpc) is 2.65. The Morgan fingerprint density at radius 3 is 2.32 bits per heavy atom. The fourth-order valence-corrected chi connectivity index (χ4v) is 3.66. The Morgan fingerprint density at radius 2 is 1.68 bits per heavy atom. The molecule has 1 aliphatic rings. The molecule has 3 nitrogen and oxygen atoms in total. The quantitative estimate of drug-likeness (QED) is 0.820. The Balaban J connectivity index is 1.85.